The van der Waals surface area contributed by atoms with Gasteiger partial charge in [0.15, 0.2) is 0 Å². The van der Waals surface area contributed by atoms with Crippen LogP contribution in [0.2, 0.25) is 0 Å². The van der Waals surface area contributed by atoms with Crippen LogP contribution in [0.3, 0.4) is 0 Å². The van der Waals surface area contributed by atoms with E-state index in [2.05, 4.69) is 9.97 Å². The molecule has 3 heterocycles. The van der Waals surface area contributed by atoms with E-state index in [0.29, 0.717) is 30.2 Å². The topological polar surface area (TPSA) is 77.0 Å². The van der Waals surface area contributed by atoms with Gasteiger partial charge in [-0.25, -0.2) is 14.4 Å². The van der Waals surface area contributed by atoms with Crippen LogP contribution in [-0.4, -0.2) is 44.5 Å². The number of amides is 1. The molecule has 21 heavy (non-hydrogen) atoms. The molecule has 1 saturated heterocycles. The van der Waals surface area contributed by atoms with Crippen molar-refractivity contribution in [2.24, 2.45) is 5.73 Å². The van der Waals surface area contributed by atoms with Crippen molar-refractivity contribution < 1.29 is 9.18 Å². The number of nitrogens with two attached hydrogens (primary N) is 1. The monoisotopic (exact) mass is 289 g/mol. The number of aromatic nitrogens is 3. The number of imidazole rings is 1. The van der Waals surface area contributed by atoms with E-state index in [-0.39, 0.29) is 11.9 Å². The summed E-state index contributed by atoms with van der Waals surface area (Å²) in [6, 6.07) is 3.28. The summed E-state index contributed by atoms with van der Waals surface area (Å²) in [4.78, 5) is 22.2. The fourth-order valence-electron chi connectivity index (χ4n) is 2.38. The average molecular weight is 289 g/mol. The number of hydrogen-bond donors (Lipinski definition) is 1. The molecule has 1 aliphatic heterocycles. The summed E-state index contributed by atoms with van der Waals surface area (Å²) in [5.41, 5.74) is 6.68. The highest BCUT2D eigenvalue weighted by atomic mass is 19.1. The molecule has 0 bridgehead atoms. The van der Waals surface area contributed by atoms with E-state index >= 15 is 0 Å². The van der Waals surface area contributed by atoms with Gasteiger partial charge in [0.05, 0.1) is 0 Å². The van der Waals surface area contributed by atoms with Gasteiger partial charge in [-0.3, -0.25) is 9.36 Å². The molecule has 0 unspecified atom stereocenters. The zero-order valence-corrected chi connectivity index (χ0v) is 11.4. The van der Waals surface area contributed by atoms with Crippen LogP contribution in [-0.2, 0) is 6.67 Å². The molecule has 2 aromatic rings. The Balaban J connectivity index is 1.81. The van der Waals surface area contributed by atoms with Crippen LogP contribution in [0.1, 0.15) is 22.5 Å². The van der Waals surface area contributed by atoms with Gasteiger partial charge >= 0.3 is 0 Å². The standard InChI is InChI=1S/C14H16FN5O/c15-6-10-1-3-17-13(5-10)20-8-12(18-9-20)14(21)19-4-2-11(16)7-19/h1,3,5,8-9,11H,2,4,6-7,16H2/t11-/m0/s1. The van der Waals surface area contributed by atoms with Gasteiger partial charge in [-0.1, -0.05) is 0 Å². The number of rotatable bonds is 3. The third-order valence-electron chi connectivity index (χ3n) is 3.54. The van der Waals surface area contributed by atoms with Crippen LogP contribution < -0.4 is 5.73 Å². The lowest BCUT2D eigenvalue weighted by atomic mass is 10.3. The molecule has 0 spiro atoms. The molecule has 0 saturated carbocycles. The van der Waals surface area contributed by atoms with Crippen LogP contribution in [0.5, 0.6) is 0 Å². The average Bonchev–Trinajstić information content (AvgIpc) is 3.15. The molecule has 3 rings (SSSR count). The van der Waals surface area contributed by atoms with Gasteiger partial charge in [0.1, 0.15) is 24.5 Å². The maximum Gasteiger partial charge on any atom is 0.274 e. The Bertz CT molecular complexity index is 656. The Kier molecular flexibility index (Phi) is 3.66. The predicted molar refractivity (Wildman–Crippen MR) is 74.7 cm³/mol. The molecule has 0 aliphatic carbocycles. The molecule has 1 atom stereocenters. The van der Waals surface area contributed by atoms with E-state index in [1.54, 1.807) is 27.8 Å². The van der Waals surface area contributed by atoms with Crippen molar-refractivity contribution >= 4 is 5.91 Å². The second-order valence-corrected chi connectivity index (χ2v) is 5.12. The molecule has 0 aromatic carbocycles. The van der Waals surface area contributed by atoms with Gasteiger partial charge in [0.25, 0.3) is 5.91 Å². The van der Waals surface area contributed by atoms with Gasteiger partial charge in [-0.15, -0.1) is 0 Å². The van der Waals surface area contributed by atoms with E-state index in [1.807, 2.05) is 0 Å². The van der Waals surface area contributed by atoms with Crippen molar-refractivity contribution in [3.8, 4) is 5.82 Å². The van der Waals surface area contributed by atoms with Crippen molar-refractivity contribution in [2.45, 2.75) is 19.1 Å². The fraction of sp³-hybridized carbons (Fsp3) is 0.357. The van der Waals surface area contributed by atoms with Crippen molar-refractivity contribution in [2.75, 3.05) is 13.1 Å². The lowest BCUT2D eigenvalue weighted by Crippen LogP contribution is -2.32. The first kappa shape index (κ1) is 13.7. The summed E-state index contributed by atoms with van der Waals surface area (Å²) in [7, 11) is 0. The summed E-state index contributed by atoms with van der Waals surface area (Å²) in [5.74, 6) is 0.401. The number of halogens is 1. The van der Waals surface area contributed by atoms with Crippen LogP contribution in [0.25, 0.3) is 5.82 Å². The summed E-state index contributed by atoms with van der Waals surface area (Å²) in [5, 5.41) is 0. The van der Waals surface area contributed by atoms with Gasteiger partial charge in [-0.05, 0) is 24.1 Å². The Morgan fingerprint density at radius 3 is 3.05 bits per heavy atom. The number of likely N-dealkylation sites (tertiary alicyclic amines) is 1. The molecule has 2 aromatic heterocycles. The van der Waals surface area contributed by atoms with E-state index in [4.69, 9.17) is 5.73 Å². The lowest BCUT2D eigenvalue weighted by molar-refractivity contribution is 0.0785. The molecule has 1 aliphatic rings. The number of nitrogens with zero attached hydrogens (tertiary/aromatic N) is 4. The number of hydrogen-bond acceptors (Lipinski definition) is 4. The minimum atomic E-state index is -0.554. The zero-order chi connectivity index (χ0) is 14.8. The maximum absolute atomic E-state index is 12.7. The Labute approximate surface area is 121 Å². The third kappa shape index (κ3) is 2.78. The lowest BCUT2D eigenvalue weighted by Gasteiger charge is -2.13. The second kappa shape index (κ2) is 5.61. The third-order valence-corrected chi connectivity index (χ3v) is 3.54. The summed E-state index contributed by atoms with van der Waals surface area (Å²) >= 11 is 0. The zero-order valence-electron chi connectivity index (χ0n) is 11.4. The molecule has 0 radical (unpaired) electrons. The predicted octanol–water partition coefficient (Wildman–Crippen LogP) is 0.910. The summed E-state index contributed by atoms with van der Waals surface area (Å²) in [6.07, 6.45) is 5.46. The molecule has 1 fully saturated rings. The minimum absolute atomic E-state index is 0.0407. The number of pyridine rings is 1. The fourth-order valence-corrected chi connectivity index (χ4v) is 2.38. The molecular formula is C14H16FN5O. The largest absolute Gasteiger partial charge is 0.336 e. The smallest absolute Gasteiger partial charge is 0.274 e. The minimum Gasteiger partial charge on any atom is -0.336 e. The van der Waals surface area contributed by atoms with E-state index in [1.165, 1.54) is 12.5 Å². The highest BCUT2D eigenvalue weighted by Gasteiger charge is 2.25. The highest BCUT2D eigenvalue weighted by Crippen LogP contribution is 2.13. The van der Waals surface area contributed by atoms with Gasteiger partial charge in [0, 0.05) is 31.5 Å². The van der Waals surface area contributed by atoms with E-state index in [9.17, 15) is 9.18 Å². The van der Waals surface area contributed by atoms with Crippen molar-refractivity contribution in [3.05, 3.63) is 42.1 Å². The first-order valence-corrected chi connectivity index (χ1v) is 6.77. The molecule has 110 valence electrons. The Hall–Kier alpha value is -2.28. The van der Waals surface area contributed by atoms with Gasteiger partial charge in [0.2, 0.25) is 0 Å². The summed E-state index contributed by atoms with van der Waals surface area (Å²) in [6.45, 7) is 0.658. The normalized spacial score (nSPS) is 18.2. The van der Waals surface area contributed by atoms with Crippen molar-refractivity contribution in [1.29, 1.82) is 0 Å². The molecule has 7 heteroatoms. The first-order valence-electron chi connectivity index (χ1n) is 6.77. The van der Waals surface area contributed by atoms with E-state index in [0.717, 1.165) is 6.42 Å². The van der Waals surface area contributed by atoms with Gasteiger partial charge in [-0.2, -0.15) is 0 Å². The first-order chi connectivity index (χ1) is 10.2. The summed E-state index contributed by atoms with van der Waals surface area (Å²) < 4.78 is 14.3. The molecule has 1 amide bonds. The van der Waals surface area contributed by atoms with Crippen molar-refractivity contribution in [3.63, 3.8) is 0 Å². The second-order valence-electron chi connectivity index (χ2n) is 5.12. The highest BCUT2D eigenvalue weighted by molar-refractivity contribution is 5.92. The van der Waals surface area contributed by atoms with Crippen LogP contribution in [0.4, 0.5) is 4.39 Å². The van der Waals surface area contributed by atoms with Crippen molar-refractivity contribution in [1.82, 2.24) is 19.4 Å². The quantitative estimate of drug-likeness (QED) is 0.911. The Morgan fingerprint density at radius 1 is 1.48 bits per heavy atom. The maximum atomic E-state index is 12.7. The number of carbonyl (C=O) groups is 1. The number of alkyl halides is 1. The van der Waals surface area contributed by atoms with E-state index < -0.39 is 6.67 Å². The Morgan fingerprint density at radius 2 is 2.33 bits per heavy atom. The molecule has 2 N–H and O–H groups in total. The van der Waals surface area contributed by atoms with Crippen LogP contribution in [0, 0.1) is 0 Å². The molecule has 6 nitrogen and oxygen atoms in total. The SMILES string of the molecule is N[C@H]1CCN(C(=O)c2cn(-c3cc(CF)ccn3)cn2)C1. The molecular weight excluding hydrogens is 273 g/mol. The van der Waals surface area contributed by atoms with Gasteiger partial charge < -0.3 is 10.6 Å². The van der Waals surface area contributed by atoms with Crippen LogP contribution in [0.15, 0.2) is 30.9 Å². The van der Waals surface area contributed by atoms with Crippen LogP contribution >= 0.6 is 0 Å². The number of carbonyl (C=O) groups excluding carboxylic acids is 1.